The highest BCUT2D eigenvalue weighted by atomic mass is 19.1. The first-order valence-electron chi connectivity index (χ1n) is 11.5. The van der Waals surface area contributed by atoms with Crippen molar-refractivity contribution in [3.63, 3.8) is 0 Å². The van der Waals surface area contributed by atoms with E-state index in [9.17, 15) is 14.0 Å². The number of halogens is 1. The Morgan fingerprint density at radius 1 is 0.882 bits per heavy atom. The lowest BCUT2D eigenvalue weighted by molar-refractivity contribution is -0.139. The maximum absolute atomic E-state index is 13.2. The van der Waals surface area contributed by atoms with Crippen molar-refractivity contribution in [2.45, 2.75) is 32.5 Å². The predicted molar refractivity (Wildman–Crippen MR) is 129 cm³/mol. The first-order valence-corrected chi connectivity index (χ1v) is 11.5. The average Bonchev–Trinajstić information content (AvgIpc) is 2.86. The smallest absolute Gasteiger partial charge is 0.260 e. The van der Waals surface area contributed by atoms with E-state index in [0.29, 0.717) is 36.5 Å². The number of para-hydroxylation sites is 1. The van der Waals surface area contributed by atoms with E-state index in [-0.39, 0.29) is 36.2 Å². The number of amides is 1. The van der Waals surface area contributed by atoms with Crippen LogP contribution in [0.4, 0.5) is 4.39 Å². The quantitative estimate of drug-likeness (QED) is 0.485. The minimum atomic E-state index is -0.243. The van der Waals surface area contributed by atoms with Crippen molar-refractivity contribution in [1.82, 2.24) is 9.80 Å². The third-order valence-corrected chi connectivity index (χ3v) is 6.25. The number of carbonyl (C=O) groups excluding carboxylic acids is 2. The molecule has 1 fully saturated rings. The molecule has 176 valence electrons. The fraction of sp³-hybridized carbons (Fsp3) is 0.286. The molecule has 5 nitrogen and oxygen atoms in total. The standard InChI is InChI=1S/C28H29FN2O3/c1-20-17-31(21(2)16-30(20)18-22-12-14-24(29)15-13-22)27(32)19-34-26-11-7-6-10-25(26)28(33)23-8-4-3-5-9-23/h3-15,20-21H,16-19H2,1-2H3/t20-,21+/m1/s1. The number of nitrogens with zero attached hydrogens (tertiary/aromatic N) is 2. The Balaban J connectivity index is 1.38. The summed E-state index contributed by atoms with van der Waals surface area (Å²) in [4.78, 5) is 30.1. The Labute approximate surface area is 199 Å². The number of piperazine rings is 1. The monoisotopic (exact) mass is 460 g/mol. The third-order valence-electron chi connectivity index (χ3n) is 6.25. The van der Waals surface area contributed by atoms with Crippen molar-refractivity contribution in [2.75, 3.05) is 19.7 Å². The van der Waals surface area contributed by atoms with Crippen LogP contribution in [0.3, 0.4) is 0 Å². The molecule has 34 heavy (non-hydrogen) atoms. The summed E-state index contributed by atoms with van der Waals surface area (Å²) in [6, 6.07) is 22.7. The number of hydrogen-bond donors (Lipinski definition) is 0. The maximum atomic E-state index is 13.2. The van der Waals surface area contributed by atoms with Crippen LogP contribution < -0.4 is 4.74 Å². The minimum absolute atomic E-state index is 0.00828. The van der Waals surface area contributed by atoms with Crippen molar-refractivity contribution in [3.05, 3.63) is 101 Å². The number of hydrogen-bond acceptors (Lipinski definition) is 4. The highest BCUT2D eigenvalue weighted by Gasteiger charge is 2.32. The van der Waals surface area contributed by atoms with Crippen molar-refractivity contribution >= 4 is 11.7 Å². The summed E-state index contributed by atoms with van der Waals surface area (Å²) < 4.78 is 19.1. The zero-order valence-corrected chi connectivity index (χ0v) is 19.5. The lowest BCUT2D eigenvalue weighted by atomic mass is 10.0. The van der Waals surface area contributed by atoms with Crippen molar-refractivity contribution < 1.29 is 18.7 Å². The second-order valence-electron chi connectivity index (χ2n) is 8.78. The molecule has 3 aromatic rings. The Bertz CT molecular complexity index is 1130. The van der Waals surface area contributed by atoms with Crippen LogP contribution in [0.15, 0.2) is 78.9 Å². The molecule has 0 saturated carbocycles. The van der Waals surface area contributed by atoms with Gasteiger partial charge in [0, 0.05) is 37.3 Å². The predicted octanol–water partition coefficient (Wildman–Crippen LogP) is 4.56. The molecule has 0 bridgehead atoms. The highest BCUT2D eigenvalue weighted by Crippen LogP contribution is 2.23. The van der Waals surface area contributed by atoms with Crippen LogP contribution in [-0.4, -0.2) is 53.3 Å². The molecule has 0 aromatic heterocycles. The Kier molecular flexibility index (Phi) is 7.38. The third kappa shape index (κ3) is 5.51. The first kappa shape index (κ1) is 23.6. The van der Waals surface area contributed by atoms with Gasteiger partial charge >= 0.3 is 0 Å². The molecular formula is C28H29FN2O3. The number of ether oxygens (including phenoxy) is 1. The van der Waals surface area contributed by atoms with Crippen LogP contribution in [0.2, 0.25) is 0 Å². The second kappa shape index (κ2) is 10.6. The van der Waals surface area contributed by atoms with Crippen molar-refractivity contribution in [1.29, 1.82) is 0 Å². The summed E-state index contributed by atoms with van der Waals surface area (Å²) in [7, 11) is 0. The van der Waals surface area contributed by atoms with E-state index in [1.54, 1.807) is 48.5 Å². The first-order chi connectivity index (χ1) is 16.4. The second-order valence-corrected chi connectivity index (χ2v) is 8.78. The normalized spacial score (nSPS) is 18.5. The molecule has 0 N–H and O–H groups in total. The molecule has 6 heteroatoms. The molecule has 3 aromatic carbocycles. The maximum Gasteiger partial charge on any atom is 0.260 e. The van der Waals surface area contributed by atoms with Crippen LogP contribution in [0.1, 0.15) is 35.3 Å². The molecule has 2 atom stereocenters. The Hall–Kier alpha value is -3.51. The van der Waals surface area contributed by atoms with E-state index >= 15 is 0 Å². The summed E-state index contributed by atoms with van der Waals surface area (Å²) in [5.74, 6) is -0.0873. The number of ketones is 1. The van der Waals surface area contributed by atoms with E-state index in [1.807, 2.05) is 30.0 Å². The van der Waals surface area contributed by atoms with Crippen molar-refractivity contribution in [3.8, 4) is 5.75 Å². The van der Waals surface area contributed by atoms with Gasteiger partial charge in [0.2, 0.25) is 0 Å². The van der Waals surface area contributed by atoms with E-state index in [0.717, 1.165) is 5.56 Å². The van der Waals surface area contributed by atoms with Crippen molar-refractivity contribution in [2.24, 2.45) is 0 Å². The van der Waals surface area contributed by atoms with E-state index in [2.05, 4.69) is 11.8 Å². The van der Waals surface area contributed by atoms with Crippen LogP contribution in [0, 0.1) is 5.82 Å². The molecule has 4 rings (SSSR count). The summed E-state index contributed by atoms with van der Waals surface area (Å²) in [5.41, 5.74) is 2.06. The van der Waals surface area contributed by atoms with Crippen LogP contribution in [0.25, 0.3) is 0 Å². The zero-order valence-electron chi connectivity index (χ0n) is 19.5. The van der Waals surface area contributed by atoms with E-state index in [4.69, 9.17) is 4.74 Å². The molecule has 1 amide bonds. The molecular weight excluding hydrogens is 431 g/mol. The van der Waals surface area contributed by atoms with Crippen LogP contribution in [0.5, 0.6) is 5.75 Å². The van der Waals surface area contributed by atoms with Gasteiger partial charge < -0.3 is 9.64 Å². The topological polar surface area (TPSA) is 49.9 Å². The molecule has 1 saturated heterocycles. The average molecular weight is 461 g/mol. The van der Waals surface area contributed by atoms with Gasteiger partial charge in [-0.25, -0.2) is 4.39 Å². The Morgan fingerprint density at radius 2 is 1.56 bits per heavy atom. The fourth-order valence-corrected chi connectivity index (χ4v) is 4.34. The Morgan fingerprint density at radius 3 is 2.29 bits per heavy atom. The van der Waals surface area contributed by atoms with E-state index in [1.165, 1.54) is 12.1 Å². The molecule has 1 aliphatic heterocycles. The van der Waals surface area contributed by atoms with Gasteiger partial charge in [0.1, 0.15) is 11.6 Å². The van der Waals surface area contributed by atoms with Gasteiger partial charge in [-0.2, -0.15) is 0 Å². The number of carbonyl (C=O) groups is 2. The zero-order chi connectivity index (χ0) is 24.1. The van der Waals surface area contributed by atoms with Gasteiger partial charge in [-0.15, -0.1) is 0 Å². The lowest BCUT2D eigenvalue weighted by Crippen LogP contribution is -2.58. The molecule has 0 unspecified atom stereocenters. The van der Waals surface area contributed by atoms with Gasteiger partial charge in [0.25, 0.3) is 5.91 Å². The van der Waals surface area contributed by atoms with Gasteiger partial charge in [-0.1, -0.05) is 54.6 Å². The van der Waals surface area contributed by atoms with Gasteiger partial charge in [-0.3, -0.25) is 14.5 Å². The van der Waals surface area contributed by atoms with Gasteiger partial charge in [-0.05, 0) is 43.7 Å². The summed E-state index contributed by atoms with van der Waals surface area (Å²) >= 11 is 0. The van der Waals surface area contributed by atoms with Crippen LogP contribution >= 0.6 is 0 Å². The van der Waals surface area contributed by atoms with Gasteiger partial charge in [0.05, 0.1) is 5.56 Å². The lowest BCUT2D eigenvalue weighted by Gasteiger charge is -2.44. The fourth-order valence-electron chi connectivity index (χ4n) is 4.34. The summed E-state index contributed by atoms with van der Waals surface area (Å²) in [6.45, 7) is 5.98. The van der Waals surface area contributed by atoms with E-state index < -0.39 is 0 Å². The largest absolute Gasteiger partial charge is 0.483 e. The molecule has 0 spiro atoms. The number of benzene rings is 3. The SMILES string of the molecule is C[C@@H]1CN(C(=O)COc2ccccc2C(=O)c2ccccc2)[C@@H](C)CN1Cc1ccc(F)cc1. The highest BCUT2D eigenvalue weighted by molar-refractivity contribution is 6.10. The van der Waals surface area contributed by atoms with Gasteiger partial charge in [0.15, 0.2) is 12.4 Å². The summed E-state index contributed by atoms with van der Waals surface area (Å²) in [5, 5.41) is 0. The molecule has 0 radical (unpaired) electrons. The number of rotatable bonds is 7. The summed E-state index contributed by atoms with van der Waals surface area (Å²) in [6.07, 6.45) is 0. The molecule has 0 aliphatic carbocycles. The molecule has 1 heterocycles. The minimum Gasteiger partial charge on any atom is -0.483 e. The van der Waals surface area contributed by atoms with Crippen LogP contribution in [-0.2, 0) is 11.3 Å². The molecule has 1 aliphatic rings.